The van der Waals surface area contributed by atoms with Gasteiger partial charge < -0.3 is 15.7 Å². The molecule has 0 bridgehead atoms. The Morgan fingerprint density at radius 2 is 2.11 bits per heavy atom. The summed E-state index contributed by atoms with van der Waals surface area (Å²) >= 11 is 0. The van der Waals surface area contributed by atoms with Gasteiger partial charge in [0.15, 0.2) is 0 Å². The van der Waals surface area contributed by atoms with Crippen molar-refractivity contribution in [2.75, 3.05) is 0 Å². The van der Waals surface area contributed by atoms with Crippen LogP contribution in [0.2, 0.25) is 0 Å². The number of benzene rings is 1. The van der Waals surface area contributed by atoms with Gasteiger partial charge in [0.2, 0.25) is 0 Å². The summed E-state index contributed by atoms with van der Waals surface area (Å²) in [7, 11) is 0. The molecular formula is C15H24N2O2. The van der Waals surface area contributed by atoms with E-state index in [9.17, 15) is 0 Å². The molecule has 0 heterocycles. The normalized spacial score (nSPS) is 13.6. The Bertz CT molecular complexity index is 442. The third-order valence-electron chi connectivity index (χ3n) is 3.19. The lowest BCUT2D eigenvalue weighted by molar-refractivity contribution is 0.202. The summed E-state index contributed by atoms with van der Waals surface area (Å²) in [6, 6.07) is 6.13. The van der Waals surface area contributed by atoms with Gasteiger partial charge in [0.1, 0.15) is 17.7 Å². The molecule has 1 rings (SSSR count). The molecule has 3 N–H and O–H groups in total. The number of nitrogens with two attached hydrogens (primary N) is 1. The van der Waals surface area contributed by atoms with Crippen molar-refractivity contribution in [2.45, 2.75) is 52.6 Å². The molecule has 1 unspecified atom stereocenters. The molecule has 4 nitrogen and oxygen atoms in total. The Morgan fingerprint density at radius 3 is 2.58 bits per heavy atom. The van der Waals surface area contributed by atoms with E-state index in [-0.39, 0.29) is 11.9 Å². The van der Waals surface area contributed by atoms with Gasteiger partial charge in [-0.2, -0.15) is 0 Å². The number of nitrogens with zero attached hydrogens (tertiary/aromatic N) is 1. The van der Waals surface area contributed by atoms with Crippen LogP contribution in [0, 0.1) is 6.92 Å². The van der Waals surface area contributed by atoms with Crippen LogP contribution in [0.25, 0.3) is 0 Å². The van der Waals surface area contributed by atoms with Gasteiger partial charge in [0.25, 0.3) is 0 Å². The molecule has 1 aromatic carbocycles. The molecule has 4 heteroatoms. The maximum atomic E-state index is 8.59. The van der Waals surface area contributed by atoms with Crippen LogP contribution in [0.5, 0.6) is 5.75 Å². The van der Waals surface area contributed by atoms with E-state index in [4.69, 9.17) is 15.7 Å². The average molecular weight is 264 g/mol. The van der Waals surface area contributed by atoms with Gasteiger partial charge in [0, 0.05) is 6.42 Å². The van der Waals surface area contributed by atoms with E-state index in [1.165, 1.54) is 11.1 Å². The van der Waals surface area contributed by atoms with Crippen LogP contribution in [-0.2, 0) is 0 Å². The number of hydrogen-bond donors (Lipinski definition) is 2. The largest absolute Gasteiger partial charge is 0.490 e. The molecule has 0 saturated heterocycles. The van der Waals surface area contributed by atoms with Crippen LogP contribution >= 0.6 is 0 Å². The highest BCUT2D eigenvalue weighted by molar-refractivity contribution is 5.80. The van der Waals surface area contributed by atoms with Crippen molar-refractivity contribution in [1.82, 2.24) is 0 Å². The standard InChI is InChI=1S/C15H24N2O2/c1-5-12(9-15(16)17-18)19-13-6-7-14(10(2)3)11(4)8-13/h6-8,10,12,18H,5,9H2,1-4H3,(H2,16,17). The number of ether oxygens (including phenoxy) is 1. The van der Waals surface area contributed by atoms with Crippen LogP contribution in [0.4, 0.5) is 0 Å². The van der Waals surface area contributed by atoms with Crippen molar-refractivity contribution >= 4 is 5.84 Å². The fraction of sp³-hybridized carbons (Fsp3) is 0.533. The Morgan fingerprint density at radius 1 is 1.42 bits per heavy atom. The Labute approximate surface area is 115 Å². The van der Waals surface area contributed by atoms with Crippen LogP contribution in [0.15, 0.2) is 23.4 Å². The van der Waals surface area contributed by atoms with Crippen LogP contribution < -0.4 is 10.5 Å². The molecule has 0 aliphatic carbocycles. The van der Waals surface area contributed by atoms with E-state index >= 15 is 0 Å². The summed E-state index contributed by atoms with van der Waals surface area (Å²) < 4.78 is 5.88. The van der Waals surface area contributed by atoms with Crippen molar-refractivity contribution in [1.29, 1.82) is 0 Å². The third-order valence-corrected chi connectivity index (χ3v) is 3.19. The van der Waals surface area contributed by atoms with Crippen molar-refractivity contribution in [3.05, 3.63) is 29.3 Å². The maximum Gasteiger partial charge on any atom is 0.142 e. The van der Waals surface area contributed by atoms with Gasteiger partial charge in [0.05, 0.1) is 0 Å². The second kappa shape index (κ2) is 7.02. The van der Waals surface area contributed by atoms with Gasteiger partial charge in [-0.25, -0.2) is 0 Å². The van der Waals surface area contributed by atoms with Crippen LogP contribution in [-0.4, -0.2) is 17.1 Å². The molecule has 1 aromatic rings. The van der Waals surface area contributed by atoms with E-state index in [1.807, 2.05) is 19.1 Å². The molecule has 0 fully saturated rings. The van der Waals surface area contributed by atoms with E-state index < -0.39 is 0 Å². The quantitative estimate of drug-likeness (QED) is 0.358. The molecule has 0 aromatic heterocycles. The lowest BCUT2D eigenvalue weighted by Crippen LogP contribution is -2.24. The highest BCUT2D eigenvalue weighted by Gasteiger charge is 2.12. The van der Waals surface area contributed by atoms with Gasteiger partial charge in [-0.05, 0) is 42.5 Å². The monoisotopic (exact) mass is 264 g/mol. The number of aryl methyl sites for hydroxylation is 1. The molecule has 0 saturated carbocycles. The first-order valence-corrected chi connectivity index (χ1v) is 6.71. The number of amidine groups is 1. The number of rotatable bonds is 6. The zero-order valence-electron chi connectivity index (χ0n) is 12.2. The Hall–Kier alpha value is -1.71. The molecule has 0 aliphatic rings. The first kappa shape index (κ1) is 15.3. The summed E-state index contributed by atoms with van der Waals surface area (Å²) in [4.78, 5) is 0. The van der Waals surface area contributed by atoms with E-state index in [0.717, 1.165) is 12.2 Å². The number of oxime groups is 1. The van der Waals surface area contributed by atoms with E-state index in [0.29, 0.717) is 12.3 Å². The highest BCUT2D eigenvalue weighted by atomic mass is 16.5. The Balaban J connectivity index is 2.78. The van der Waals surface area contributed by atoms with Gasteiger partial charge in [-0.1, -0.05) is 32.0 Å². The molecule has 0 radical (unpaired) electrons. The fourth-order valence-corrected chi connectivity index (χ4v) is 2.11. The molecule has 0 aliphatic heterocycles. The fourth-order valence-electron chi connectivity index (χ4n) is 2.11. The Kier molecular flexibility index (Phi) is 5.67. The summed E-state index contributed by atoms with van der Waals surface area (Å²) in [5.41, 5.74) is 8.08. The lowest BCUT2D eigenvalue weighted by Gasteiger charge is -2.18. The minimum absolute atomic E-state index is 0.0693. The smallest absolute Gasteiger partial charge is 0.142 e. The highest BCUT2D eigenvalue weighted by Crippen LogP contribution is 2.24. The molecule has 19 heavy (non-hydrogen) atoms. The van der Waals surface area contributed by atoms with Crippen LogP contribution in [0.3, 0.4) is 0 Å². The molecule has 106 valence electrons. The maximum absolute atomic E-state index is 8.59. The van der Waals surface area contributed by atoms with E-state index in [2.05, 4.69) is 32.0 Å². The van der Waals surface area contributed by atoms with Gasteiger partial charge >= 0.3 is 0 Å². The SMILES string of the molecule is CCC(C/C(N)=N/O)Oc1ccc(C(C)C)c(C)c1. The first-order chi connectivity index (χ1) is 8.97. The summed E-state index contributed by atoms with van der Waals surface area (Å²) in [5.74, 6) is 1.54. The summed E-state index contributed by atoms with van der Waals surface area (Å²) in [6.07, 6.45) is 1.17. The molecule has 1 atom stereocenters. The van der Waals surface area contributed by atoms with Crippen molar-refractivity contribution in [3.8, 4) is 5.75 Å². The average Bonchev–Trinajstić information content (AvgIpc) is 2.37. The van der Waals surface area contributed by atoms with Crippen molar-refractivity contribution < 1.29 is 9.94 Å². The van der Waals surface area contributed by atoms with Gasteiger partial charge in [-0.3, -0.25) is 0 Å². The van der Waals surface area contributed by atoms with Crippen molar-refractivity contribution in [2.24, 2.45) is 10.9 Å². The zero-order valence-corrected chi connectivity index (χ0v) is 12.2. The van der Waals surface area contributed by atoms with E-state index in [1.54, 1.807) is 0 Å². The zero-order chi connectivity index (χ0) is 14.4. The summed E-state index contributed by atoms with van der Waals surface area (Å²) in [5, 5.41) is 11.6. The minimum Gasteiger partial charge on any atom is -0.490 e. The predicted molar refractivity (Wildman–Crippen MR) is 78.0 cm³/mol. The minimum atomic E-state index is -0.0693. The summed E-state index contributed by atoms with van der Waals surface area (Å²) in [6.45, 7) is 8.46. The second-order valence-corrected chi connectivity index (χ2v) is 5.12. The molecule has 0 amide bonds. The topological polar surface area (TPSA) is 67.8 Å². The molecule has 0 spiro atoms. The van der Waals surface area contributed by atoms with Crippen molar-refractivity contribution in [3.63, 3.8) is 0 Å². The first-order valence-electron chi connectivity index (χ1n) is 6.71. The molecular weight excluding hydrogens is 240 g/mol. The third kappa shape index (κ3) is 4.47. The van der Waals surface area contributed by atoms with Crippen LogP contribution in [0.1, 0.15) is 50.7 Å². The van der Waals surface area contributed by atoms with Gasteiger partial charge in [-0.15, -0.1) is 0 Å². The predicted octanol–water partition coefficient (Wildman–Crippen LogP) is 3.41. The lowest BCUT2D eigenvalue weighted by atomic mass is 9.98. The number of hydrogen-bond acceptors (Lipinski definition) is 3. The second-order valence-electron chi connectivity index (χ2n) is 5.12.